The SMILES string of the molecule is O=C(N[C@H](Cc1ccccc1)C(=O)Nc1ccc([N+](=O)[O-])cc1)c1ccccc1. The molecule has 0 saturated carbocycles. The molecule has 7 nitrogen and oxygen atoms in total. The molecule has 3 rings (SSSR count). The summed E-state index contributed by atoms with van der Waals surface area (Å²) in [6, 6.07) is 22.7. The van der Waals surface area contributed by atoms with Gasteiger partial charge in [0, 0.05) is 29.8 Å². The van der Waals surface area contributed by atoms with E-state index in [1.165, 1.54) is 24.3 Å². The van der Waals surface area contributed by atoms with Crippen LogP contribution in [0.1, 0.15) is 15.9 Å². The van der Waals surface area contributed by atoms with Gasteiger partial charge in [-0.2, -0.15) is 0 Å². The van der Waals surface area contributed by atoms with Crippen LogP contribution in [0.2, 0.25) is 0 Å². The molecule has 0 radical (unpaired) electrons. The molecule has 146 valence electrons. The maximum Gasteiger partial charge on any atom is 0.269 e. The van der Waals surface area contributed by atoms with Crippen LogP contribution in [0.5, 0.6) is 0 Å². The van der Waals surface area contributed by atoms with Crippen LogP contribution in [0.3, 0.4) is 0 Å². The van der Waals surface area contributed by atoms with Crippen molar-refractivity contribution in [3.8, 4) is 0 Å². The lowest BCUT2D eigenvalue weighted by Gasteiger charge is -2.19. The summed E-state index contributed by atoms with van der Waals surface area (Å²) in [6.45, 7) is 0. The molecule has 0 unspecified atom stereocenters. The van der Waals surface area contributed by atoms with Gasteiger partial charge in [0.2, 0.25) is 5.91 Å². The number of nitrogens with one attached hydrogen (secondary N) is 2. The molecule has 2 amide bonds. The van der Waals surface area contributed by atoms with Gasteiger partial charge in [-0.25, -0.2) is 0 Å². The number of nitrogens with zero attached hydrogens (tertiary/aromatic N) is 1. The summed E-state index contributed by atoms with van der Waals surface area (Å²) >= 11 is 0. The quantitative estimate of drug-likeness (QED) is 0.476. The van der Waals surface area contributed by atoms with Gasteiger partial charge < -0.3 is 10.6 Å². The lowest BCUT2D eigenvalue weighted by molar-refractivity contribution is -0.384. The topological polar surface area (TPSA) is 101 Å². The van der Waals surface area contributed by atoms with Gasteiger partial charge >= 0.3 is 0 Å². The van der Waals surface area contributed by atoms with Gasteiger partial charge in [-0.05, 0) is 29.8 Å². The average Bonchev–Trinajstić information content (AvgIpc) is 2.75. The molecule has 0 aliphatic heterocycles. The second-order valence-corrected chi connectivity index (χ2v) is 6.38. The minimum atomic E-state index is -0.819. The Morgan fingerprint density at radius 2 is 1.45 bits per heavy atom. The number of nitro groups is 1. The molecule has 0 spiro atoms. The van der Waals surface area contributed by atoms with Gasteiger partial charge in [0.25, 0.3) is 11.6 Å². The minimum Gasteiger partial charge on any atom is -0.340 e. The van der Waals surface area contributed by atoms with Crippen LogP contribution in [0, 0.1) is 10.1 Å². The number of non-ortho nitro benzene ring substituents is 1. The van der Waals surface area contributed by atoms with Gasteiger partial charge in [-0.15, -0.1) is 0 Å². The van der Waals surface area contributed by atoms with Crippen molar-refractivity contribution in [1.29, 1.82) is 0 Å². The number of hydrogen-bond donors (Lipinski definition) is 2. The zero-order valence-electron chi connectivity index (χ0n) is 15.4. The summed E-state index contributed by atoms with van der Waals surface area (Å²) < 4.78 is 0. The summed E-state index contributed by atoms with van der Waals surface area (Å²) in [5, 5.41) is 16.3. The molecule has 29 heavy (non-hydrogen) atoms. The van der Waals surface area contributed by atoms with Crippen molar-refractivity contribution in [2.24, 2.45) is 0 Å². The van der Waals surface area contributed by atoms with E-state index in [2.05, 4.69) is 10.6 Å². The predicted octanol–water partition coefficient (Wildman–Crippen LogP) is 3.57. The molecule has 0 aliphatic rings. The van der Waals surface area contributed by atoms with Crippen LogP contribution in [-0.2, 0) is 11.2 Å². The zero-order chi connectivity index (χ0) is 20.6. The second kappa shape index (κ2) is 9.27. The summed E-state index contributed by atoms with van der Waals surface area (Å²) in [4.78, 5) is 35.7. The highest BCUT2D eigenvalue weighted by Gasteiger charge is 2.22. The van der Waals surface area contributed by atoms with E-state index in [-0.39, 0.29) is 11.6 Å². The van der Waals surface area contributed by atoms with E-state index in [1.807, 2.05) is 30.3 Å². The summed E-state index contributed by atoms with van der Waals surface area (Å²) in [6.07, 6.45) is 0.304. The summed E-state index contributed by atoms with van der Waals surface area (Å²) in [7, 11) is 0. The molecular formula is C22H19N3O4. The van der Waals surface area contributed by atoms with Crippen LogP contribution >= 0.6 is 0 Å². The third-order valence-corrected chi connectivity index (χ3v) is 4.29. The van der Waals surface area contributed by atoms with Crippen molar-refractivity contribution in [2.75, 3.05) is 5.32 Å². The highest BCUT2D eigenvalue weighted by molar-refractivity contribution is 6.01. The van der Waals surface area contributed by atoms with E-state index in [0.29, 0.717) is 17.7 Å². The average molecular weight is 389 g/mol. The third kappa shape index (κ3) is 5.49. The second-order valence-electron chi connectivity index (χ2n) is 6.38. The van der Waals surface area contributed by atoms with E-state index in [1.54, 1.807) is 30.3 Å². The Morgan fingerprint density at radius 3 is 2.03 bits per heavy atom. The molecule has 0 saturated heterocycles. The molecule has 3 aromatic carbocycles. The maximum absolute atomic E-state index is 12.8. The lowest BCUT2D eigenvalue weighted by atomic mass is 10.0. The Kier molecular flexibility index (Phi) is 6.32. The van der Waals surface area contributed by atoms with Gasteiger partial charge in [0.15, 0.2) is 0 Å². The van der Waals surface area contributed by atoms with Crippen LogP contribution in [0.15, 0.2) is 84.9 Å². The Labute approximate surface area is 167 Å². The van der Waals surface area contributed by atoms with E-state index in [4.69, 9.17) is 0 Å². The minimum absolute atomic E-state index is 0.0683. The fourth-order valence-corrected chi connectivity index (χ4v) is 2.79. The number of hydrogen-bond acceptors (Lipinski definition) is 4. The van der Waals surface area contributed by atoms with E-state index in [9.17, 15) is 19.7 Å². The molecule has 2 N–H and O–H groups in total. The summed E-state index contributed by atoms with van der Waals surface area (Å²) in [5.41, 5.74) is 1.69. The zero-order valence-corrected chi connectivity index (χ0v) is 15.4. The standard InChI is InChI=1S/C22H19N3O4/c26-21(17-9-5-2-6-10-17)24-20(15-16-7-3-1-4-8-16)22(27)23-18-11-13-19(14-12-18)25(28)29/h1-14,20H,15H2,(H,23,27)(H,24,26)/t20-/m1/s1. The first-order valence-corrected chi connectivity index (χ1v) is 8.98. The molecule has 7 heteroatoms. The Hall–Kier alpha value is -4.00. The van der Waals surface area contributed by atoms with Crippen LogP contribution < -0.4 is 10.6 Å². The molecule has 0 aliphatic carbocycles. The van der Waals surface area contributed by atoms with E-state index in [0.717, 1.165) is 5.56 Å². The van der Waals surface area contributed by atoms with Gasteiger partial charge in [-0.3, -0.25) is 19.7 Å². The maximum atomic E-state index is 12.8. The van der Waals surface area contributed by atoms with Crippen molar-refractivity contribution in [3.63, 3.8) is 0 Å². The highest BCUT2D eigenvalue weighted by atomic mass is 16.6. The number of rotatable bonds is 7. The first kappa shape index (κ1) is 19.8. The number of nitro benzene ring substituents is 1. The first-order chi connectivity index (χ1) is 14.0. The van der Waals surface area contributed by atoms with Gasteiger partial charge in [0.1, 0.15) is 6.04 Å². The lowest BCUT2D eigenvalue weighted by Crippen LogP contribution is -2.45. The number of benzene rings is 3. The smallest absolute Gasteiger partial charge is 0.269 e. The van der Waals surface area contributed by atoms with Crippen molar-refractivity contribution in [3.05, 3.63) is 106 Å². The molecule has 0 aromatic heterocycles. The normalized spacial score (nSPS) is 11.3. The van der Waals surface area contributed by atoms with Crippen LogP contribution in [0.25, 0.3) is 0 Å². The number of anilines is 1. The molecular weight excluding hydrogens is 370 g/mol. The highest BCUT2D eigenvalue weighted by Crippen LogP contribution is 2.16. The van der Waals surface area contributed by atoms with Gasteiger partial charge in [-0.1, -0.05) is 48.5 Å². The molecule has 0 heterocycles. The van der Waals surface area contributed by atoms with E-state index < -0.39 is 16.9 Å². The van der Waals surface area contributed by atoms with Gasteiger partial charge in [0.05, 0.1) is 4.92 Å². The Bertz CT molecular complexity index is 990. The van der Waals surface area contributed by atoms with Crippen molar-refractivity contribution in [1.82, 2.24) is 5.32 Å². The molecule has 1 atom stereocenters. The fourth-order valence-electron chi connectivity index (χ4n) is 2.79. The number of amides is 2. The fraction of sp³-hybridized carbons (Fsp3) is 0.0909. The number of carbonyl (C=O) groups excluding carboxylic acids is 2. The van der Waals surface area contributed by atoms with Crippen molar-refractivity contribution >= 4 is 23.2 Å². The van der Waals surface area contributed by atoms with Crippen LogP contribution in [0.4, 0.5) is 11.4 Å². The first-order valence-electron chi connectivity index (χ1n) is 8.98. The van der Waals surface area contributed by atoms with E-state index >= 15 is 0 Å². The predicted molar refractivity (Wildman–Crippen MR) is 110 cm³/mol. The van der Waals surface area contributed by atoms with Crippen molar-refractivity contribution < 1.29 is 14.5 Å². The summed E-state index contributed by atoms with van der Waals surface area (Å²) in [5.74, 6) is -0.766. The Morgan fingerprint density at radius 1 is 0.862 bits per heavy atom. The third-order valence-electron chi connectivity index (χ3n) is 4.29. The molecule has 0 bridgehead atoms. The Balaban J connectivity index is 1.76. The largest absolute Gasteiger partial charge is 0.340 e. The monoisotopic (exact) mass is 389 g/mol. The van der Waals surface area contributed by atoms with Crippen LogP contribution in [-0.4, -0.2) is 22.8 Å². The number of carbonyl (C=O) groups is 2. The molecule has 3 aromatic rings. The molecule has 0 fully saturated rings. The van der Waals surface area contributed by atoms with Crippen molar-refractivity contribution in [2.45, 2.75) is 12.5 Å².